The maximum Gasteiger partial charge on any atom is 0.264 e. The number of rotatable bonds is 8. The van der Waals surface area contributed by atoms with Crippen LogP contribution in [0.1, 0.15) is 25.3 Å². The molecule has 1 aromatic carbocycles. The van der Waals surface area contributed by atoms with Gasteiger partial charge in [0.2, 0.25) is 11.9 Å². The van der Waals surface area contributed by atoms with Gasteiger partial charge in [0, 0.05) is 44.1 Å². The summed E-state index contributed by atoms with van der Waals surface area (Å²) < 4.78 is 49.5. The molecule has 2 aliphatic heterocycles. The smallest absolute Gasteiger partial charge is 0.264 e. The fraction of sp³-hybridized carbons (Fsp3) is 0.464. The van der Waals surface area contributed by atoms with Crippen molar-refractivity contribution in [2.24, 2.45) is 0 Å². The van der Waals surface area contributed by atoms with Gasteiger partial charge in [0.05, 0.1) is 43.7 Å². The number of piperidine rings is 1. The first-order valence-corrected chi connectivity index (χ1v) is 14.1. The predicted octanol–water partition coefficient (Wildman–Crippen LogP) is 2.00. The quantitative estimate of drug-likeness (QED) is 0.326. The molecule has 2 fully saturated rings. The second-order valence-corrected chi connectivity index (χ2v) is 10.9. The van der Waals surface area contributed by atoms with E-state index in [1.54, 1.807) is 4.68 Å². The molecule has 0 aliphatic carbocycles. The van der Waals surface area contributed by atoms with Crippen LogP contribution in [0.3, 0.4) is 0 Å². The molecular formula is C28H31F3N8O4. The van der Waals surface area contributed by atoms with Gasteiger partial charge in [-0.05, 0) is 31.0 Å². The number of aromatic nitrogens is 6. The monoisotopic (exact) mass is 600 g/mol. The molecule has 0 bridgehead atoms. The van der Waals surface area contributed by atoms with E-state index < -0.39 is 36.3 Å². The average molecular weight is 601 g/mol. The summed E-state index contributed by atoms with van der Waals surface area (Å²) in [6.07, 6.45) is 0.690. The highest BCUT2D eigenvalue weighted by molar-refractivity contribution is 5.77. The van der Waals surface area contributed by atoms with Crippen LogP contribution in [0.4, 0.5) is 18.9 Å². The second kappa shape index (κ2) is 11.8. The molecule has 0 radical (unpaired) electrons. The van der Waals surface area contributed by atoms with Crippen molar-refractivity contribution in [3.05, 3.63) is 65.4 Å². The first kappa shape index (κ1) is 28.9. The topological polar surface area (TPSA) is 124 Å². The molecule has 1 N–H and O–H groups in total. The normalized spacial score (nSPS) is 18.0. The molecule has 5 heterocycles. The minimum atomic E-state index is -2.92. The Labute approximate surface area is 243 Å². The lowest BCUT2D eigenvalue weighted by molar-refractivity contribution is -0.138. The Bertz CT molecular complexity index is 1660. The number of fused-ring (bicyclic) bond motifs is 1. The average Bonchev–Trinajstić information content (AvgIpc) is 3.64. The number of carbonyl (C=O) groups excluding carboxylic acids is 1. The zero-order chi connectivity index (χ0) is 30.1. The molecule has 0 saturated carbocycles. The number of likely N-dealkylation sites (tertiary alicyclic amines) is 1. The number of aliphatic hydroxyl groups is 1. The second-order valence-electron chi connectivity index (χ2n) is 10.9. The summed E-state index contributed by atoms with van der Waals surface area (Å²) in [6, 6.07) is 7.16. The molecule has 0 spiro atoms. The van der Waals surface area contributed by atoms with E-state index >= 15 is 0 Å². The molecule has 6 rings (SSSR count). The summed E-state index contributed by atoms with van der Waals surface area (Å²) >= 11 is 0. The Hall–Kier alpha value is -4.24. The first-order chi connectivity index (χ1) is 20.7. The third-order valence-corrected chi connectivity index (χ3v) is 8.11. The van der Waals surface area contributed by atoms with E-state index in [1.807, 2.05) is 24.3 Å². The first-order valence-electron chi connectivity index (χ1n) is 14.1. The van der Waals surface area contributed by atoms with Gasteiger partial charge in [-0.2, -0.15) is 9.49 Å². The van der Waals surface area contributed by atoms with Crippen molar-refractivity contribution in [3.8, 4) is 5.69 Å². The number of nitrogens with zero attached hydrogens (tertiary/aromatic N) is 8. The summed E-state index contributed by atoms with van der Waals surface area (Å²) in [7, 11) is 0. The maximum atomic E-state index is 13.6. The molecule has 4 aromatic rings. The molecule has 43 heavy (non-hydrogen) atoms. The van der Waals surface area contributed by atoms with E-state index in [4.69, 9.17) is 4.74 Å². The number of hydrogen-bond acceptors (Lipinski definition) is 8. The Morgan fingerprint density at radius 1 is 1.09 bits per heavy atom. The minimum Gasteiger partial charge on any atom is -0.388 e. The van der Waals surface area contributed by atoms with Crippen molar-refractivity contribution in [2.75, 3.05) is 44.3 Å². The standard InChI is InChI=1S/C28H31F3N8O4/c29-23-4-7-38(34-23)22(25(30)31)15-24(40)36-8-5-28(42,6-9-36)17-37-18-32-26-21(27(37)41)16-33-39(26)20-3-1-2-19(14-20)35-10-12-43-13-11-35/h1-4,7,14,16,18,22,25,42H,5-6,8-13,15,17H2/t22-/m1/s1. The van der Waals surface area contributed by atoms with Crippen LogP contribution in [0.2, 0.25) is 0 Å². The van der Waals surface area contributed by atoms with Crippen molar-refractivity contribution in [1.29, 1.82) is 0 Å². The Kier molecular flexibility index (Phi) is 7.92. The van der Waals surface area contributed by atoms with Gasteiger partial charge in [-0.15, -0.1) is 5.10 Å². The van der Waals surface area contributed by atoms with E-state index in [2.05, 4.69) is 20.1 Å². The summed E-state index contributed by atoms with van der Waals surface area (Å²) in [4.78, 5) is 34.2. The largest absolute Gasteiger partial charge is 0.388 e. The zero-order valence-electron chi connectivity index (χ0n) is 23.2. The number of morpholine rings is 1. The number of ether oxygens (including phenoxy) is 1. The van der Waals surface area contributed by atoms with E-state index in [0.29, 0.717) is 24.2 Å². The third kappa shape index (κ3) is 5.99. The van der Waals surface area contributed by atoms with Crippen molar-refractivity contribution < 1.29 is 27.8 Å². The Balaban J connectivity index is 1.13. The van der Waals surface area contributed by atoms with Gasteiger partial charge in [0.1, 0.15) is 17.8 Å². The van der Waals surface area contributed by atoms with Crippen molar-refractivity contribution in [1.82, 2.24) is 34.0 Å². The van der Waals surface area contributed by atoms with Gasteiger partial charge in [0.15, 0.2) is 5.65 Å². The van der Waals surface area contributed by atoms with Gasteiger partial charge >= 0.3 is 0 Å². The van der Waals surface area contributed by atoms with Gasteiger partial charge in [-0.25, -0.2) is 18.4 Å². The Morgan fingerprint density at radius 2 is 1.84 bits per heavy atom. The lowest BCUT2D eigenvalue weighted by Crippen LogP contribution is -2.50. The van der Waals surface area contributed by atoms with Crippen LogP contribution >= 0.6 is 0 Å². The van der Waals surface area contributed by atoms with E-state index in [0.717, 1.165) is 41.4 Å². The fourth-order valence-electron chi connectivity index (χ4n) is 5.65. The summed E-state index contributed by atoms with van der Waals surface area (Å²) in [6.45, 7) is 3.05. The number of hydrogen-bond donors (Lipinski definition) is 1. The molecule has 1 atom stereocenters. The number of alkyl halides is 2. The third-order valence-electron chi connectivity index (χ3n) is 8.11. The molecule has 2 aliphatic rings. The van der Waals surface area contributed by atoms with Crippen LogP contribution in [0.25, 0.3) is 16.7 Å². The van der Waals surface area contributed by atoms with Gasteiger partial charge < -0.3 is 19.6 Å². The maximum absolute atomic E-state index is 13.6. The lowest BCUT2D eigenvalue weighted by atomic mass is 9.91. The fourth-order valence-corrected chi connectivity index (χ4v) is 5.65. The zero-order valence-corrected chi connectivity index (χ0v) is 23.2. The van der Waals surface area contributed by atoms with Crippen LogP contribution < -0.4 is 10.5 Å². The van der Waals surface area contributed by atoms with Crippen molar-refractivity contribution in [3.63, 3.8) is 0 Å². The molecule has 15 heteroatoms. The Morgan fingerprint density at radius 3 is 2.53 bits per heavy atom. The minimum absolute atomic E-state index is 0.0548. The molecule has 2 saturated heterocycles. The molecule has 1 amide bonds. The van der Waals surface area contributed by atoms with Gasteiger partial charge in [0.25, 0.3) is 12.0 Å². The summed E-state index contributed by atoms with van der Waals surface area (Å²) in [5.74, 6) is -1.46. The predicted molar refractivity (Wildman–Crippen MR) is 149 cm³/mol. The van der Waals surface area contributed by atoms with E-state index in [1.165, 1.54) is 22.0 Å². The number of carbonyl (C=O) groups is 1. The van der Waals surface area contributed by atoms with E-state index in [9.17, 15) is 27.9 Å². The highest BCUT2D eigenvalue weighted by Crippen LogP contribution is 2.27. The van der Waals surface area contributed by atoms with E-state index in [-0.39, 0.29) is 38.0 Å². The number of anilines is 1. The van der Waals surface area contributed by atoms with Gasteiger partial charge in [-0.3, -0.25) is 18.8 Å². The molecule has 12 nitrogen and oxygen atoms in total. The summed E-state index contributed by atoms with van der Waals surface area (Å²) in [5, 5.41) is 19.4. The lowest BCUT2D eigenvalue weighted by Gasteiger charge is -2.38. The van der Waals surface area contributed by atoms with Gasteiger partial charge in [-0.1, -0.05) is 6.07 Å². The molecule has 0 unspecified atom stereocenters. The van der Waals surface area contributed by atoms with Crippen LogP contribution in [-0.4, -0.2) is 96.4 Å². The van der Waals surface area contributed by atoms with Crippen LogP contribution in [-0.2, 0) is 16.1 Å². The highest BCUT2D eigenvalue weighted by atomic mass is 19.3. The number of halogens is 3. The van der Waals surface area contributed by atoms with Crippen molar-refractivity contribution >= 4 is 22.6 Å². The number of amides is 1. The molecule has 228 valence electrons. The number of benzene rings is 1. The van der Waals surface area contributed by atoms with Crippen LogP contribution in [0.5, 0.6) is 0 Å². The van der Waals surface area contributed by atoms with Crippen molar-refractivity contribution in [2.45, 2.75) is 43.9 Å². The molecule has 3 aromatic heterocycles. The molecular weight excluding hydrogens is 569 g/mol. The summed E-state index contributed by atoms with van der Waals surface area (Å²) in [5.41, 5.74) is 0.485. The highest BCUT2D eigenvalue weighted by Gasteiger charge is 2.36. The SMILES string of the molecule is O=C(C[C@H](C(F)F)n1ccc(F)n1)N1CCC(O)(Cn2cnc3c(cnn3-c3cccc(N4CCOCC4)c3)c2=O)CC1. The van der Waals surface area contributed by atoms with Crippen LogP contribution in [0.15, 0.2) is 53.8 Å². The van der Waals surface area contributed by atoms with Crippen LogP contribution in [0, 0.1) is 5.95 Å².